The molecule has 0 aliphatic heterocycles. The Kier molecular flexibility index (Phi) is 1.65. The number of hydrogen-bond acceptors (Lipinski definition) is 3. The van der Waals surface area contributed by atoms with Gasteiger partial charge in [0.25, 0.3) is 0 Å². The molecule has 0 spiro atoms. The molecule has 4 heteroatoms. The minimum absolute atomic E-state index is 0.111. The average Bonchev–Trinajstić information content (AvgIpc) is 2.14. The third-order valence-electron chi connectivity index (χ3n) is 0.739. The first-order valence-corrected chi connectivity index (χ1v) is 2.84. The van der Waals surface area contributed by atoms with Crippen molar-refractivity contribution < 1.29 is 9.63 Å². The van der Waals surface area contributed by atoms with Gasteiger partial charge in [0.05, 0.1) is 10.7 Å². The van der Waals surface area contributed by atoms with Gasteiger partial charge in [-0.3, -0.25) is 0 Å². The van der Waals surface area contributed by atoms with Crippen LogP contribution in [0, 0.1) is 0 Å². The molecule has 1 rings (SSSR count). The highest BCUT2D eigenvalue weighted by Crippen LogP contribution is 2.13. The van der Waals surface area contributed by atoms with Crippen LogP contribution in [0.3, 0.4) is 0 Å². The van der Waals surface area contributed by atoms with E-state index in [1.165, 1.54) is 6.20 Å². The third kappa shape index (κ3) is 0.900. The van der Waals surface area contributed by atoms with Crippen molar-refractivity contribution in [2.45, 2.75) is 6.61 Å². The smallest absolute Gasteiger partial charge is 0.176 e. The van der Waals surface area contributed by atoms with E-state index in [4.69, 9.17) is 5.11 Å². The van der Waals surface area contributed by atoms with Crippen LogP contribution in [0.1, 0.15) is 5.76 Å². The molecule has 0 aromatic carbocycles. The molecule has 0 saturated heterocycles. The van der Waals surface area contributed by atoms with Crippen molar-refractivity contribution in [3.8, 4) is 0 Å². The van der Waals surface area contributed by atoms with E-state index in [0.717, 1.165) is 0 Å². The Morgan fingerprint density at radius 1 is 1.88 bits per heavy atom. The van der Waals surface area contributed by atoms with Gasteiger partial charge in [0, 0.05) is 0 Å². The molecule has 1 aromatic heterocycles. The first-order chi connectivity index (χ1) is 3.84. The number of rotatable bonds is 1. The van der Waals surface area contributed by atoms with Crippen LogP contribution in [0.2, 0.25) is 0 Å². The Morgan fingerprint density at radius 2 is 2.62 bits per heavy atom. The molecule has 0 fully saturated rings. The van der Waals surface area contributed by atoms with Crippen LogP contribution in [-0.4, -0.2) is 10.3 Å². The minimum atomic E-state index is -0.111. The fourth-order valence-electron chi connectivity index (χ4n) is 0.356. The Hall–Kier alpha value is -0.350. The van der Waals surface area contributed by atoms with E-state index in [1.54, 1.807) is 0 Å². The number of nitrogens with zero attached hydrogens (tertiary/aromatic N) is 1. The SMILES string of the molecule is OCc1oncc1Br. The van der Waals surface area contributed by atoms with Crippen LogP contribution in [0.15, 0.2) is 15.2 Å². The maximum Gasteiger partial charge on any atom is 0.176 e. The predicted molar refractivity (Wildman–Crippen MR) is 30.1 cm³/mol. The number of aliphatic hydroxyl groups excluding tert-OH is 1. The fraction of sp³-hybridized carbons (Fsp3) is 0.250. The summed E-state index contributed by atoms with van der Waals surface area (Å²) in [6.07, 6.45) is 1.49. The van der Waals surface area contributed by atoms with E-state index in [9.17, 15) is 0 Å². The van der Waals surface area contributed by atoms with Gasteiger partial charge < -0.3 is 9.63 Å². The molecule has 0 unspecified atom stereocenters. The van der Waals surface area contributed by atoms with Gasteiger partial charge in [-0.25, -0.2) is 0 Å². The Bertz CT molecular complexity index is 174. The Labute approximate surface area is 54.4 Å². The molecular weight excluding hydrogens is 174 g/mol. The highest BCUT2D eigenvalue weighted by Gasteiger charge is 2.00. The zero-order chi connectivity index (χ0) is 5.98. The van der Waals surface area contributed by atoms with Gasteiger partial charge in [-0.15, -0.1) is 0 Å². The summed E-state index contributed by atoms with van der Waals surface area (Å²) >= 11 is 3.11. The molecule has 1 N–H and O–H groups in total. The van der Waals surface area contributed by atoms with Gasteiger partial charge >= 0.3 is 0 Å². The lowest BCUT2D eigenvalue weighted by Crippen LogP contribution is -1.76. The van der Waals surface area contributed by atoms with Gasteiger partial charge in [0.1, 0.15) is 6.61 Å². The van der Waals surface area contributed by atoms with E-state index in [1.807, 2.05) is 0 Å². The van der Waals surface area contributed by atoms with E-state index in [2.05, 4.69) is 25.6 Å². The van der Waals surface area contributed by atoms with Crippen LogP contribution in [0.25, 0.3) is 0 Å². The van der Waals surface area contributed by atoms with E-state index in [0.29, 0.717) is 10.2 Å². The molecule has 0 atom stereocenters. The number of aliphatic hydroxyl groups is 1. The summed E-state index contributed by atoms with van der Waals surface area (Å²) in [6.45, 7) is -0.111. The molecule has 0 amide bonds. The van der Waals surface area contributed by atoms with Gasteiger partial charge in [-0.1, -0.05) is 5.16 Å². The summed E-state index contributed by atoms with van der Waals surface area (Å²) < 4.78 is 5.27. The molecule has 8 heavy (non-hydrogen) atoms. The largest absolute Gasteiger partial charge is 0.388 e. The molecule has 0 radical (unpaired) electrons. The van der Waals surface area contributed by atoms with Gasteiger partial charge in [0.2, 0.25) is 0 Å². The summed E-state index contributed by atoms with van der Waals surface area (Å²) in [4.78, 5) is 0. The molecule has 1 heterocycles. The normalized spacial score (nSPS) is 9.75. The Balaban J connectivity index is 2.92. The standard InChI is InChI=1S/C4H4BrNO2/c5-3-1-6-8-4(3)2-7/h1,7H,2H2. The molecule has 0 aliphatic carbocycles. The van der Waals surface area contributed by atoms with Crippen LogP contribution in [0.4, 0.5) is 0 Å². The van der Waals surface area contributed by atoms with Gasteiger partial charge in [-0.05, 0) is 15.9 Å². The third-order valence-corrected chi connectivity index (χ3v) is 1.39. The number of halogens is 1. The van der Waals surface area contributed by atoms with Crippen molar-refractivity contribution in [2.75, 3.05) is 0 Å². The lowest BCUT2D eigenvalue weighted by molar-refractivity contribution is 0.228. The molecule has 44 valence electrons. The zero-order valence-electron chi connectivity index (χ0n) is 3.97. The molecule has 0 bridgehead atoms. The first-order valence-electron chi connectivity index (χ1n) is 2.04. The molecule has 0 saturated carbocycles. The first kappa shape index (κ1) is 5.78. The Morgan fingerprint density at radius 3 is 2.88 bits per heavy atom. The second-order valence-electron chi connectivity index (χ2n) is 1.26. The van der Waals surface area contributed by atoms with Crippen LogP contribution >= 0.6 is 15.9 Å². The second-order valence-corrected chi connectivity index (χ2v) is 2.11. The lowest BCUT2D eigenvalue weighted by Gasteiger charge is -1.81. The van der Waals surface area contributed by atoms with Crippen molar-refractivity contribution in [1.82, 2.24) is 5.16 Å². The lowest BCUT2D eigenvalue weighted by atomic mass is 10.5. The average molecular weight is 178 g/mol. The van der Waals surface area contributed by atoms with E-state index >= 15 is 0 Å². The van der Waals surface area contributed by atoms with E-state index in [-0.39, 0.29) is 6.61 Å². The summed E-state index contributed by atoms with van der Waals surface area (Å²) in [5.41, 5.74) is 0. The number of hydrogen-bond donors (Lipinski definition) is 1. The predicted octanol–water partition coefficient (Wildman–Crippen LogP) is 0.929. The van der Waals surface area contributed by atoms with Gasteiger partial charge in [-0.2, -0.15) is 0 Å². The molecule has 0 aliphatic rings. The quantitative estimate of drug-likeness (QED) is 0.695. The maximum atomic E-state index is 8.44. The maximum absolute atomic E-state index is 8.44. The highest BCUT2D eigenvalue weighted by atomic mass is 79.9. The molecule has 3 nitrogen and oxygen atoms in total. The van der Waals surface area contributed by atoms with Crippen molar-refractivity contribution in [2.24, 2.45) is 0 Å². The van der Waals surface area contributed by atoms with Crippen LogP contribution in [-0.2, 0) is 6.61 Å². The van der Waals surface area contributed by atoms with Crippen molar-refractivity contribution in [3.63, 3.8) is 0 Å². The van der Waals surface area contributed by atoms with Crippen molar-refractivity contribution in [3.05, 3.63) is 16.4 Å². The summed E-state index contributed by atoms with van der Waals surface area (Å²) in [7, 11) is 0. The van der Waals surface area contributed by atoms with Crippen molar-refractivity contribution >= 4 is 15.9 Å². The minimum Gasteiger partial charge on any atom is -0.388 e. The zero-order valence-corrected chi connectivity index (χ0v) is 5.55. The molecule has 1 aromatic rings. The number of aromatic nitrogens is 1. The van der Waals surface area contributed by atoms with Crippen LogP contribution < -0.4 is 0 Å². The highest BCUT2D eigenvalue weighted by molar-refractivity contribution is 9.10. The van der Waals surface area contributed by atoms with E-state index < -0.39 is 0 Å². The summed E-state index contributed by atoms with van der Waals surface area (Å²) in [5, 5.41) is 11.9. The van der Waals surface area contributed by atoms with Crippen LogP contribution in [0.5, 0.6) is 0 Å². The summed E-state index contributed by atoms with van der Waals surface area (Å²) in [5.74, 6) is 0.463. The monoisotopic (exact) mass is 177 g/mol. The second kappa shape index (κ2) is 2.28. The summed E-state index contributed by atoms with van der Waals surface area (Å²) in [6, 6.07) is 0. The van der Waals surface area contributed by atoms with Gasteiger partial charge in [0.15, 0.2) is 5.76 Å². The molecular formula is C4H4BrNO2. The fourth-order valence-corrected chi connectivity index (χ4v) is 0.638. The van der Waals surface area contributed by atoms with Crippen molar-refractivity contribution in [1.29, 1.82) is 0 Å². The topological polar surface area (TPSA) is 46.3 Å².